The van der Waals surface area contributed by atoms with E-state index in [4.69, 9.17) is 0 Å². The van der Waals surface area contributed by atoms with Crippen molar-refractivity contribution in [1.82, 2.24) is 9.13 Å². The van der Waals surface area contributed by atoms with Gasteiger partial charge in [-0.15, -0.1) is 0 Å². The Balaban J connectivity index is 1.03. The minimum Gasteiger partial charge on any atom is -0.340 e. The number of benzene rings is 15. The van der Waals surface area contributed by atoms with Crippen LogP contribution in [0.25, 0.3) is 130 Å². The lowest BCUT2D eigenvalue weighted by molar-refractivity contribution is 0.545. The van der Waals surface area contributed by atoms with Crippen LogP contribution in [0.4, 0.5) is 34.1 Å². The summed E-state index contributed by atoms with van der Waals surface area (Å²) in [7, 11) is 0. The van der Waals surface area contributed by atoms with Crippen LogP contribution in [0.5, 0.6) is 0 Å². The van der Waals surface area contributed by atoms with Crippen molar-refractivity contribution in [3.05, 3.63) is 204 Å². The maximum absolute atomic E-state index is 2.71. The van der Waals surface area contributed by atoms with E-state index in [0.717, 1.165) is 35.8 Å². The summed E-state index contributed by atoms with van der Waals surface area (Å²) >= 11 is 0. The van der Waals surface area contributed by atoms with Crippen molar-refractivity contribution >= 4 is 164 Å². The fraction of sp³-hybridized carbons (Fsp3) is 0.158. The SMILES string of the molecule is Cc1ccc(N(c2ccc(C)cc2)c2cc3c4c5c2cccc5c2ccc5c6ccc7c8cccc9c(N(c%10ccc(C)cc%10)c%10ccc(C)cc%10)cc%10c(c98)c8c7c6c(cc8n%10CC(C)C)c6cc(c4c2c56)n3CC(C)C)cc1. The van der Waals surface area contributed by atoms with Gasteiger partial charge in [0.2, 0.25) is 0 Å². The molecule has 0 aliphatic heterocycles. The number of nitrogens with zero attached hydrogens (tertiary/aromatic N) is 4. The third kappa shape index (κ3) is 6.06. The van der Waals surface area contributed by atoms with E-state index in [1.165, 1.54) is 163 Å². The predicted molar refractivity (Wildman–Crippen MR) is 346 cm³/mol. The zero-order chi connectivity index (χ0) is 53.7. The fourth-order valence-corrected chi connectivity index (χ4v) is 15.0. The first kappa shape index (κ1) is 45.9. The summed E-state index contributed by atoms with van der Waals surface area (Å²) in [5, 5.41) is 27.0. The minimum absolute atomic E-state index is 0.415. The molecule has 0 saturated carbocycles. The van der Waals surface area contributed by atoms with Gasteiger partial charge < -0.3 is 18.9 Å². The number of rotatable bonds is 10. The highest BCUT2D eigenvalue weighted by Crippen LogP contribution is 2.57. The van der Waals surface area contributed by atoms with E-state index in [1.807, 2.05) is 0 Å². The molecule has 0 N–H and O–H groups in total. The average molecular weight is 1030 g/mol. The Labute approximate surface area is 464 Å². The molecule has 2 aromatic heterocycles. The van der Waals surface area contributed by atoms with Crippen LogP contribution in [0.15, 0.2) is 182 Å². The first-order chi connectivity index (χ1) is 39.0. The smallest absolute Gasteiger partial charge is 0.0561 e. The Morgan fingerprint density at radius 1 is 0.275 bits per heavy atom. The highest BCUT2D eigenvalue weighted by Gasteiger charge is 2.32. The van der Waals surface area contributed by atoms with Gasteiger partial charge in [0.15, 0.2) is 0 Å². The largest absolute Gasteiger partial charge is 0.340 e. The van der Waals surface area contributed by atoms with E-state index in [-0.39, 0.29) is 0 Å². The van der Waals surface area contributed by atoms with Crippen LogP contribution in [-0.4, -0.2) is 9.13 Å². The summed E-state index contributed by atoms with van der Waals surface area (Å²) in [6.45, 7) is 20.0. The van der Waals surface area contributed by atoms with Gasteiger partial charge in [-0.25, -0.2) is 0 Å². The monoisotopic (exact) mass is 1030 g/mol. The lowest BCUT2D eigenvalue weighted by Crippen LogP contribution is -2.11. The highest BCUT2D eigenvalue weighted by molar-refractivity contribution is 6.51. The highest BCUT2D eigenvalue weighted by atomic mass is 15.2. The van der Waals surface area contributed by atoms with E-state index >= 15 is 0 Å². The number of fused-ring (bicyclic) bond motifs is 4. The minimum atomic E-state index is 0.415. The number of hydrogen-bond acceptors (Lipinski definition) is 2. The van der Waals surface area contributed by atoms with Crippen molar-refractivity contribution in [3.63, 3.8) is 0 Å². The van der Waals surface area contributed by atoms with Gasteiger partial charge in [-0.05, 0) is 166 Å². The first-order valence-corrected chi connectivity index (χ1v) is 28.9. The van der Waals surface area contributed by atoms with Gasteiger partial charge in [-0.2, -0.15) is 0 Å². The molecule has 15 aromatic carbocycles. The Morgan fingerprint density at radius 2 is 0.537 bits per heavy atom. The van der Waals surface area contributed by atoms with Crippen molar-refractivity contribution in [2.75, 3.05) is 9.80 Å². The lowest BCUT2D eigenvalue weighted by Gasteiger charge is -2.28. The summed E-state index contributed by atoms with van der Waals surface area (Å²) in [5.41, 5.74) is 17.3. The Hall–Kier alpha value is -9.12. The summed E-state index contributed by atoms with van der Waals surface area (Å²) in [6.07, 6.45) is 0. The maximum atomic E-state index is 2.71. The second kappa shape index (κ2) is 16.2. The van der Waals surface area contributed by atoms with Gasteiger partial charge in [0.25, 0.3) is 0 Å². The van der Waals surface area contributed by atoms with E-state index < -0.39 is 0 Å². The average Bonchev–Trinajstić information content (AvgIpc) is 2.58. The predicted octanol–water partition coefficient (Wildman–Crippen LogP) is 21.8. The summed E-state index contributed by atoms with van der Waals surface area (Å²) in [6, 6.07) is 70.7. The van der Waals surface area contributed by atoms with Crippen molar-refractivity contribution in [3.8, 4) is 0 Å². The van der Waals surface area contributed by atoms with E-state index in [0.29, 0.717) is 11.8 Å². The first-order valence-electron chi connectivity index (χ1n) is 28.9. The standard InChI is InChI=1S/C76H60N4/c1-41(2)39-77-63-35-59-60-36-64-76-72-56(52-12-10-14-58-62(38-66(74(76)68(52)58)78(64)40-42(3)4)80(49-27-19-45(7)20-28-49)50-29-21-46(8)22-30-50)34-32-54(70(60)72)53-31-33-55-51-11-9-13-57-61(37-65(77)73(67(51)57)75(63)71(55)69(53)59)79(47-23-15-43(5)16-24-47)48-25-17-44(6)18-26-48/h9-38,41-42H,39-40H2,1-8H3. The van der Waals surface area contributed by atoms with Gasteiger partial charge in [0.1, 0.15) is 0 Å². The third-order valence-corrected chi connectivity index (χ3v) is 18.3. The number of hydrogen-bond donors (Lipinski definition) is 0. The van der Waals surface area contributed by atoms with Crippen molar-refractivity contribution < 1.29 is 0 Å². The Morgan fingerprint density at radius 3 is 0.863 bits per heavy atom. The van der Waals surface area contributed by atoms with Crippen LogP contribution >= 0.6 is 0 Å². The van der Waals surface area contributed by atoms with Gasteiger partial charge >= 0.3 is 0 Å². The molecule has 0 spiro atoms. The summed E-state index contributed by atoms with van der Waals surface area (Å²) in [5.74, 6) is 0.829. The number of aromatic nitrogens is 2. The molecule has 17 rings (SSSR count). The van der Waals surface area contributed by atoms with E-state index in [2.05, 4.69) is 256 Å². The van der Waals surface area contributed by atoms with Crippen molar-refractivity contribution in [2.24, 2.45) is 11.8 Å². The topological polar surface area (TPSA) is 16.3 Å². The van der Waals surface area contributed by atoms with Crippen LogP contribution < -0.4 is 9.80 Å². The maximum Gasteiger partial charge on any atom is 0.0561 e. The molecular weight excluding hydrogens is 969 g/mol. The second-order valence-electron chi connectivity index (χ2n) is 24.5. The number of anilines is 6. The van der Waals surface area contributed by atoms with Crippen LogP contribution in [0.2, 0.25) is 0 Å². The summed E-state index contributed by atoms with van der Waals surface area (Å²) < 4.78 is 5.41. The second-order valence-corrected chi connectivity index (χ2v) is 24.5. The van der Waals surface area contributed by atoms with Crippen LogP contribution in [0.1, 0.15) is 49.9 Å². The molecule has 4 heteroatoms. The molecule has 0 radical (unpaired) electrons. The van der Waals surface area contributed by atoms with Gasteiger partial charge in [0.05, 0.1) is 33.4 Å². The zero-order valence-electron chi connectivity index (χ0n) is 46.7. The van der Waals surface area contributed by atoms with Gasteiger partial charge in [0, 0.05) is 89.7 Å². The molecule has 0 unspecified atom stereocenters. The Kier molecular flexibility index (Phi) is 9.31. The quantitative estimate of drug-likeness (QED) is 0.100. The van der Waals surface area contributed by atoms with Crippen LogP contribution in [0.3, 0.4) is 0 Å². The molecule has 0 aliphatic rings. The van der Waals surface area contributed by atoms with Crippen LogP contribution in [-0.2, 0) is 13.1 Å². The molecular formula is C76H60N4. The molecule has 80 heavy (non-hydrogen) atoms. The number of aryl methyl sites for hydroxylation is 4. The molecule has 4 nitrogen and oxygen atoms in total. The molecule has 2 heterocycles. The molecule has 0 fully saturated rings. The third-order valence-electron chi connectivity index (χ3n) is 18.3. The van der Waals surface area contributed by atoms with Gasteiger partial charge in [-0.1, -0.05) is 159 Å². The molecule has 17 aromatic rings. The van der Waals surface area contributed by atoms with Crippen LogP contribution in [0, 0.1) is 39.5 Å². The Bertz CT molecular complexity index is 4880. The lowest BCUT2D eigenvalue weighted by atomic mass is 9.81. The molecule has 0 saturated heterocycles. The summed E-state index contributed by atoms with van der Waals surface area (Å²) in [4.78, 5) is 5.00. The van der Waals surface area contributed by atoms with Crippen molar-refractivity contribution in [2.45, 2.75) is 68.5 Å². The zero-order valence-corrected chi connectivity index (χ0v) is 46.7. The molecule has 0 atom stereocenters. The van der Waals surface area contributed by atoms with Gasteiger partial charge in [-0.3, -0.25) is 0 Å². The van der Waals surface area contributed by atoms with Crippen molar-refractivity contribution in [1.29, 1.82) is 0 Å². The van der Waals surface area contributed by atoms with E-state index in [1.54, 1.807) is 0 Å². The molecule has 384 valence electrons. The van der Waals surface area contributed by atoms with E-state index in [9.17, 15) is 0 Å². The fourth-order valence-electron chi connectivity index (χ4n) is 15.0. The normalized spacial score (nSPS) is 12.8. The molecule has 0 bridgehead atoms. The molecule has 0 aliphatic carbocycles. The molecule has 0 amide bonds.